The Hall–Kier alpha value is -1.12. The maximum atomic E-state index is 11.6. The normalized spacial score (nSPS) is 11.9. The Kier molecular flexibility index (Phi) is 5.23. The van der Waals surface area contributed by atoms with Crippen molar-refractivity contribution < 1.29 is 14.3 Å². The first kappa shape index (κ1) is 12.9. The Balaban J connectivity index is 2.49. The van der Waals surface area contributed by atoms with E-state index < -0.39 is 5.97 Å². The minimum atomic E-state index is -0.458. The molecule has 0 heterocycles. The molecule has 86 valence electrons. The second-order valence-corrected chi connectivity index (χ2v) is 6.26. The van der Waals surface area contributed by atoms with E-state index in [1.54, 1.807) is 0 Å². The first-order chi connectivity index (χ1) is 7.63. The van der Waals surface area contributed by atoms with Gasteiger partial charge in [-0.1, -0.05) is 0 Å². The number of Topliss-reactive ketones (excluding diaryl/α,β-unsaturated/α-hetero) is 1. The van der Waals surface area contributed by atoms with Crippen LogP contribution in [0.5, 0.6) is 0 Å². The van der Waals surface area contributed by atoms with Crippen LogP contribution in [0.25, 0.3) is 0 Å². The summed E-state index contributed by atoms with van der Waals surface area (Å²) in [6, 6.07) is 9.85. The molecular weight excluding hydrogens is 271 g/mol. The second-order valence-electron chi connectivity index (χ2n) is 3.29. The van der Waals surface area contributed by atoms with Crippen molar-refractivity contribution in [3.63, 3.8) is 0 Å². The summed E-state index contributed by atoms with van der Waals surface area (Å²) < 4.78 is 5.64. The average Bonchev–Trinajstić information content (AvgIpc) is 2.30. The number of benzene rings is 1. The van der Waals surface area contributed by atoms with Crippen molar-refractivity contribution in [2.45, 2.75) is 18.2 Å². The van der Waals surface area contributed by atoms with Crippen LogP contribution in [0.1, 0.15) is 13.3 Å². The van der Waals surface area contributed by atoms with Gasteiger partial charge in [-0.2, -0.15) is 0 Å². The Labute approximate surface area is 101 Å². The third-order valence-corrected chi connectivity index (χ3v) is 4.49. The molecule has 4 heteroatoms. The van der Waals surface area contributed by atoms with E-state index in [0.717, 1.165) is 0 Å². The minimum absolute atomic E-state index is 0.0456. The molecule has 16 heavy (non-hydrogen) atoms. The number of carbonyl (C=O) groups excluding carboxylic acids is 2. The Morgan fingerprint density at radius 2 is 1.94 bits per heavy atom. The van der Waals surface area contributed by atoms with Crippen molar-refractivity contribution in [3.05, 3.63) is 30.3 Å². The van der Waals surface area contributed by atoms with E-state index in [-0.39, 0.29) is 32.0 Å². The van der Waals surface area contributed by atoms with Gasteiger partial charge in [-0.15, -0.1) is 0 Å². The van der Waals surface area contributed by atoms with E-state index in [0.29, 0.717) is 0 Å². The second kappa shape index (κ2) is 6.46. The third-order valence-electron chi connectivity index (χ3n) is 2.06. The molecule has 0 spiro atoms. The summed E-state index contributed by atoms with van der Waals surface area (Å²) in [5.74, 6) is -0.503. The molecule has 0 N–H and O–H groups in total. The van der Waals surface area contributed by atoms with E-state index in [2.05, 4.69) is 4.74 Å². The number of esters is 1. The Morgan fingerprint density at radius 1 is 1.31 bits per heavy atom. The van der Waals surface area contributed by atoms with Crippen LogP contribution in [0.3, 0.4) is 0 Å². The zero-order chi connectivity index (χ0) is 12.0. The molecule has 0 fully saturated rings. The van der Waals surface area contributed by atoms with Gasteiger partial charge in [0.2, 0.25) is 0 Å². The molecule has 3 nitrogen and oxygen atoms in total. The van der Waals surface area contributed by atoms with Crippen molar-refractivity contribution in [1.82, 2.24) is 0 Å². The van der Waals surface area contributed by atoms with Crippen molar-refractivity contribution in [2.75, 3.05) is 7.11 Å². The van der Waals surface area contributed by atoms with Crippen LogP contribution in [0.4, 0.5) is 0 Å². The van der Waals surface area contributed by atoms with Crippen molar-refractivity contribution in [2.24, 2.45) is 0 Å². The topological polar surface area (TPSA) is 43.4 Å². The third kappa shape index (κ3) is 4.17. The van der Waals surface area contributed by atoms with Gasteiger partial charge in [-0.25, -0.2) is 0 Å². The summed E-state index contributed by atoms with van der Waals surface area (Å²) in [7, 11) is 1.29. The first-order valence-corrected chi connectivity index (χ1v) is 6.79. The molecule has 1 aromatic rings. The SMILES string of the molecule is COC(=O)CC(=O)C(C)[Se]c1ccccc1. The predicted molar refractivity (Wildman–Crippen MR) is 62.9 cm³/mol. The van der Waals surface area contributed by atoms with Crippen LogP contribution in [0.15, 0.2) is 30.3 Å². The fraction of sp³-hybridized carbons (Fsp3) is 0.333. The van der Waals surface area contributed by atoms with Gasteiger partial charge in [0.1, 0.15) is 0 Å². The van der Waals surface area contributed by atoms with Gasteiger partial charge in [0.05, 0.1) is 0 Å². The van der Waals surface area contributed by atoms with Crippen LogP contribution >= 0.6 is 0 Å². The van der Waals surface area contributed by atoms with Crippen LogP contribution in [0.2, 0.25) is 4.82 Å². The summed E-state index contributed by atoms with van der Waals surface area (Å²) in [6.07, 6.45) is -0.119. The number of methoxy groups -OCH3 is 1. The zero-order valence-corrected chi connectivity index (χ0v) is 11.0. The molecule has 0 aliphatic rings. The van der Waals surface area contributed by atoms with Gasteiger partial charge < -0.3 is 0 Å². The van der Waals surface area contributed by atoms with Gasteiger partial charge in [0, 0.05) is 0 Å². The number of ether oxygens (including phenoxy) is 1. The molecule has 0 bridgehead atoms. The quantitative estimate of drug-likeness (QED) is 0.460. The van der Waals surface area contributed by atoms with Gasteiger partial charge in [-0.05, 0) is 0 Å². The van der Waals surface area contributed by atoms with Gasteiger partial charge in [0.25, 0.3) is 0 Å². The number of carbonyl (C=O) groups is 2. The Morgan fingerprint density at radius 3 is 2.50 bits per heavy atom. The number of hydrogen-bond acceptors (Lipinski definition) is 3. The molecule has 0 radical (unpaired) electrons. The molecule has 0 amide bonds. The Bertz CT molecular complexity index is 362. The van der Waals surface area contributed by atoms with E-state index in [9.17, 15) is 9.59 Å². The van der Waals surface area contributed by atoms with Crippen LogP contribution in [-0.4, -0.2) is 33.8 Å². The fourth-order valence-corrected chi connectivity index (χ4v) is 3.09. The molecule has 0 aliphatic carbocycles. The standard InChI is InChI=1S/C12H14O3Se/c1-9(11(13)8-12(14)15-2)16-10-6-4-3-5-7-10/h3-7,9H,8H2,1-2H3. The summed E-state index contributed by atoms with van der Waals surface area (Å²) in [6.45, 7) is 1.86. The average molecular weight is 285 g/mol. The summed E-state index contributed by atoms with van der Waals surface area (Å²) in [5.41, 5.74) is 0. The zero-order valence-electron chi connectivity index (χ0n) is 9.30. The fourth-order valence-electron chi connectivity index (χ4n) is 1.13. The molecular formula is C12H14O3Se. The molecule has 0 aliphatic heterocycles. The molecule has 0 aromatic heterocycles. The van der Waals surface area contributed by atoms with Crippen molar-refractivity contribution in [1.29, 1.82) is 0 Å². The van der Waals surface area contributed by atoms with Crippen molar-refractivity contribution in [3.8, 4) is 0 Å². The van der Waals surface area contributed by atoms with Crippen LogP contribution in [0, 0.1) is 0 Å². The molecule has 0 saturated heterocycles. The van der Waals surface area contributed by atoms with E-state index in [1.165, 1.54) is 11.6 Å². The van der Waals surface area contributed by atoms with Crippen molar-refractivity contribution >= 4 is 31.2 Å². The van der Waals surface area contributed by atoms with Crippen LogP contribution in [-0.2, 0) is 14.3 Å². The molecule has 1 atom stereocenters. The number of hydrogen-bond donors (Lipinski definition) is 0. The van der Waals surface area contributed by atoms with E-state index in [4.69, 9.17) is 0 Å². The summed E-state index contributed by atoms with van der Waals surface area (Å²) in [5, 5.41) is 0. The maximum absolute atomic E-state index is 11.6. The summed E-state index contributed by atoms with van der Waals surface area (Å²) >= 11 is 0.0758. The van der Waals surface area contributed by atoms with E-state index in [1.807, 2.05) is 37.3 Å². The van der Waals surface area contributed by atoms with Crippen LogP contribution < -0.4 is 4.46 Å². The number of rotatable bonds is 5. The van der Waals surface area contributed by atoms with Gasteiger partial charge >= 0.3 is 101 Å². The van der Waals surface area contributed by atoms with Gasteiger partial charge in [-0.3, -0.25) is 0 Å². The molecule has 1 aromatic carbocycles. The molecule has 1 unspecified atom stereocenters. The first-order valence-electron chi connectivity index (χ1n) is 4.94. The summed E-state index contributed by atoms with van der Waals surface area (Å²) in [4.78, 5) is 22.5. The predicted octanol–water partition coefficient (Wildman–Crippen LogP) is 0.957. The van der Waals surface area contributed by atoms with E-state index >= 15 is 0 Å². The number of ketones is 1. The molecule has 1 rings (SSSR count). The monoisotopic (exact) mass is 286 g/mol. The van der Waals surface area contributed by atoms with Gasteiger partial charge in [0.15, 0.2) is 0 Å². The molecule has 0 saturated carbocycles.